The molecule has 0 aliphatic heterocycles. The quantitative estimate of drug-likeness (QED) is 0.605. The average Bonchev–Trinajstić information content (AvgIpc) is 2.48. The summed E-state index contributed by atoms with van der Waals surface area (Å²) in [6.45, 7) is 2.32. The van der Waals surface area contributed by atoms with Gasteiger partial charge in [0.1, 0.15) is 0 Å². The first-order valence-corrected chi connectivity index (χ1v) is 6.29. The minimum Gasteiger partial charge on any atom is -0.0811 e. The molecule has 0 amide bonds. The van der Waals surface area contributed by atoms with Gasteiger partial charge in [0.05, 0.1) is 0 Å². The van der Waals surface area contributed by atoms with E-state index in [0.29, 0.717) is 0 Å². The highest BCUT2D eigenvalue weighted by atomic mass is 14.2. The lowest BCUT2D eigenvalue weighted by atomic mass is 9.88. The molecule has 0 bridgehead atoms. The first kappa shape index (κ1) is 9.89. The Kier molecular flexibility index (Phi) is 2.43. The van der Waals surface area contributed by atoms with E-state index in [2.05, 4.69) is 43.3 Å². The highest BCUT2D eigenvalue weighted by molar-refractivity contribution is 5.41. The Morgan fingerprint density at radius 1 is 1.06 bits per heavy atom. The summed E-state index contributed by atoms with van der Waals surface area (Å²) in [5.41, 5.74) is 6.37. The van der Waals surface area contributed by atoms with Gasteiger partial charge in [-0.3, -0.25) is 0 Å². The summed E-state index contributed by atoms with van der Waals surface area (Å²) >= 11 is 0. The molecule has 0 spiro atoms. The molecule has 0 nitrogen and oxygen atoms in total. The maximum Gasteiger partial charge on any atom is -0.00236 e. The standard InChI is InChI=1S/C16H18/c1-12-6-7-16-11-14-5-3-2-4-13(14)8-9-15(16)10-12/h2-7,12H,8-11H2,1H3. The molecule has 2 aliphatic carbocycles. The van der Waals surface area contributed by atoms with E-state index in [-0.39, 0.29) is 0 Å². The van der Waals surface area contributed by atoms with Crippen molar-refractivity contribution in [1.82, 2.24) is 0 Å². The molecule has 1 aromatic rings. The van der Waals surface area contributed by atoms with E-state index >= 15 is 0 Å². The second-order valence-corrected chi connectivity index (χ2v) is 5.11. The fourth-order valence-corrected chi connectivity index (χ4v) is 2.90. The molecule has 2 aliphatic rings. The third kappa shape index (κ3) is 1.73. The molecule has 0 heterocycles. The minimum absolute atomic E-state index is 0.736. The Bertz CT molecular complexity index is 463. The summed E-state index contributed by atoms with van der Waals surface area (Å²) in [7, 11) is 0. The molecule has 0 saturated carbocycles. The molecule has 3 rings (SSSR count). The van der Waals surface area contributed by atoms with Gasteiger partial charge in [0, 0.05) is 0 Å². The van der Waals surface area contributed by atoms with Gasteiger partial charge in [0.15, 0.2) is 0 Å². The molecule has 0 radical (unpaired) electrons. The SMILES string of the molecule is CC1C=CC2=C(CCc3ccccc3C2)C1. The molecule has 0 aromatic heterocycles. The highest BCUT2D eigenvalue weighted by Crippen LogP contribution is 2.32. The highest BCUT2D eigenvalue weighted by Gasteiger charge is 2.17. The number of aryl methyl sites for hydroxylation is 1. The average molecular weight is 210 g/mol. The number of hydrogen-bond acceptors (Lipinski definition) is 0. The summed E-state index contributed by atoms with van der Waals surface area (Å²) in [4.78, 5) is 0. The first-order chi connectivity index (χ1) is 7.83. The Morgan fingerprint density at radius 2 is 1.88 bits per heavy atom. The Hall–Kier alpha value is -1.30. The largest absolute Gasteiger partial charge is 0.0811 e. The van der Waals surface area contributed by atoms with Crippen LogP contribution in [0.5, 0.6) is 0 Å². The zero-order valence-corrected chi connectivity index (χ0v) is 9.87. The van der Waals surface area contributed by atoms with E-state index < -0.39 is 0 Å². The van der Waals surface area contributed by atoms with Gasteiger partial charge in [-0.1, -0.05) is 48.9 Å². The number of benzene rings is 1. The van der Waals surface area contributed by atoms with Crippen molar-refractivity contribution in [1.29, 1.82) is 0 Å². The smallest absolute Gasteiger partial charge is 0.00236 e. The molecule has 1 atom stereocenters. The van der Waals surface area contributed by atoms with Crippen LogP contribution in [0.3, 0.4) is 0 Å². The van der Waals surface area contributed by atoms with E-state index in [4.69, 9.17) is 0 Å². The molecule has 0 heteroatoms. The van der Waals surface area contributed by atoms with Crippen LogP contribution in [0.2, 0.25) is 0 Å². The second kappa shape index (κ2) is 3.93. The summed E-state index contributed by atoms with van der Waals surface area (Å²) in [5.74, 6) is 0.736. The molecule has 1 unspecified atom stereocenters. The lowest BCUT2D eigenvalue weighted by Gasteiger charge is -2.18. The fourth-order valence-electron chi connectivity index (χ4n) is 2.90. The zero-order valence-electron chi connectivity index (χ0n) is 9.87. The number of hydrogen-bond donors (Lipinski definition) is 0. The minimum atomic E-state index is 0.736. The normalized spacial score (nSPS) is 23.7. The molecule has 16 heavy (non-hydrogen) atoms. The van der Waals surface area contributed by atoms with Crippen molar-refractivity contribution in [3.63, 3.8) is 0 Å². The summed E-state index contributed by atoms with van der Waals surface area (Å²) in [5, 5.41) is 0. The van der Waals surface area contributed by atoms with Crippen LogP contribution >= 0.6 is 0 Å². The van der Waals surface area contributed by atoms with Gasteiger partial charge in [-0.25, -0.2) is 0 Å². The fraction of sp³-hybridized carbons (Fsp3) is 0.375. The van der Waals surface area contributed by atoms with Gasteiger partial charge in [-0.15, -0.1) is 0 Å². The van der Waals surface area contributed by atoms with Crippen molar-refractivity contribution in [3.05, 3.63) is 58.7 Å². The topological polar surface area (TPSA) is 0 Å². The molecular weight excluding hydrogens is 192 g/mol. The number of allylic oxidation sites excluding steroid dienone is 4. The van der Waals surface area contributed by atoms with Gasteiger partial charge < -0.3 is 0 Å². The van der Waals surface area contributed by atoms with Crippen LogP contribution in [-0.4, -0.2) is 0 Å². The lowest BCUT2D eigenvalue weighted by Crippen LogP contribution is -2.03. The summed E-state index contributed by atoms with van der Waals surface area (Å²) < 4.78 is 0. The number of fused-ring (bicyclic) bond motifs is 1. The van der Waals surface area contributed by atoms with E-state index in [1.54, 1.807) is 16.7 Å². The molecule has 82 valence electrons. The van der Waals surface area contributed by atoms with Gasteiger partial charge in [0.25, 0.3) is 0 Å². The predicted octanol–water partition coefficient (Wildman–Crippen LogP) is 4.07. The van der Waals surface area contributed by atoms with Crippen LogP contribution in [0.25, 0.3) is 0 Å². The van der Waals surface area contributed by atoms with Gasteiger partial charge in [-0.05, 0) is 48.3 Å². The van der Waals surface area contributed by atoms with Crippen molar-refractivity contribution in [2.45, 2.75) is 32.6 Å². The predicted molar refractivity (Wildman–Crippen MR) is 68.4 cm³/mol. The Labute approximate surface area is 97.7 Å². The second-order valence-electron chi connectivity index (χ2n) is 5.11. The third-order valence-corrected chi connectivity index (χ3v) is 3.84. The zero-order chi connectivity index (χ0) is 11.0. The van der Waals surface area contributed by atoms with Crippen molar-refractivity contribution < 1.29 is 0 Å². The molecular formula is C16H18. The van der Waals surface area contributed by atoms with Gasteiger partial charge in [-0.2, -0.15) is 0 Å². The van der Waals surface area contributed by atoms with E-state index in [1.807, 2.05) is 0 Å². The molecule has 0 saturated heterocycles. The van der Waals surface area contributed by atoms with Crippen LogP contribution in [0.1, 0.15) is 30.9 Å². The maximum atomic E-state index is 2.37. The molecule has 1 aromatic carbocycles. The van der Waals surface area contributed by atoms with Crippen LogP contribution in [0.15, 0.2) is 47.6 Å². The van der Waals surface area contributed by atoms with E-state index in [0.717, 1.165) is 12.3 Å². The summed E-state index contributed by atoms with van der Waals surface area (Å²) in [6.07, 6.45) is 9.66. The van der Waals surface area contributed by atoms with Crippen molar-refractivity contribution in [2.24, 2.45) is 5.92 Å². The molecule has 0 fully saturated rings. The Balaban J connectivity index is 1.97. The van der Waals surface area contributed by atoms with Crippen LogP contribution in [0.4, 0.5) is 0 Å². The van der Waals surface area contributed by atoms with Crippen molar-refractivity contribution in [2.75, 3.05) is 0 Å². The van der Waals surface area contributed by atoms with Crippen LogP contribution in [-0.2, 0) is 12.8 Å². The van der Waals surface area contributed by atoms with Gasteiger partial charge in [0.2, 0.25) is 0 Å². The van der Waals surface area contributed by atoms with Crippen molar-refractivity contribution in [3.8, 4) is 0 Å². The lowest BCUT2D eigenvalue weighted by molar-refractivity contribution is 0.671. The first-order valence-electron chi connectivity index (χ1n) is 6.29. The monoisotopic (exact) mass is 210 g/mol. The summed E-state index contributed by atoms with van der Waals surface area (Å²) in [6, 6.07) is 8.92. The van der Waals surface area contributed by atoms with Gasteiger partial charge >= 0.3 is 0 Å². The third-order valence-electron chi connectivity index (χ3n) is 3.84. The Morgan fingerprint density at radius 3 is 2.75 bits per heavy atom. The molecule has 0 N–H and O–H groups in total. The van der Waals surface area contributed by atoms with Crippen molar-refractivity contribution >= 4 is 0 Å². The number of rotatable bonds is 0. The van der Waals surface area contributed by atoms with E-state index in [9.17, 15) is 0 Å². The maximum absolute atomic E-state index is 2.37. The van der Waals surface area contributed by atoms with Crippen LogP contribution < -0.4 is 0 Å². The van der Waals surface area contributed by atoms with Crippen LogP contribution in [0, 0.1) is 5.92 Å². The van der Waals surface area contributed by atoms with E-state index in [1.165, 1.54) is 24.8 Å².